The summed E-state index contributed by atoms with van der Waals surface area (Å²) in [5.74, 6) is -0.331. The fourth-order valence-corrected chi connectivity index (χ4v) is 5.31. The standard InChI is InChI=1S/C30H32Cl3N3O3/c1-19-6-7-21(12-26(19)32)15-30(38)39-24-10-11-36(17-24)18-28(22-4-3-5-23(34)16-22)35(2)29(37)14-20-8-9-25(31)27(33)13-20/h3-9,12-13,16,24,28H,10-11,14-15,17-18,34H2,1-2H3. The number of likely N-dealkylation sites (tertiary alicyclic amines) is 1. The minimum Gasteiger partial charge on any atom is -0.461 e. The van der Waals surface area contributed by atoms with E-state index in [9.17, 15) is 9.59 Å². The van der Waals surface area contributed by atoms with E-state index in [4.69, 9.17) is 45.3 Å². The smallest absolute Gasteiger partial charge is 0.310 e. The van der Waals surface area contributed by atoms with Crippen LogP contribution in [-0.4, -0.2) is 54.5 Å². The lowest BCUT2D eigenvalue weighted by Crippen LogP contribution is -2.39. The van der Waals surface area contributed by atoms with Crippen LogP contribution in [0.25, 0.3) is 0 Å². The molecule has 206 valence electrons. The van der Waals surface area contributed by atoms with Crippen LogP contribution in [0.4, 0.5) is 5.69 Å². The number of carbonyl (C=O) groups is 2. The number of rotatable bonds is 9. The molecule has 0 aliphatic carbocycles. The molecule has 1 fully saturated rings. The lowest BCUT2D eigenvalue weighted by molar-refractivity contribution is -0.147. The number of anilines is 1. The quantitative estimate of drug-likeness (QED) is 0.240. The molecule has 1 amide bonds. The van der Waals surface area contributed by atoms with Gasteiger partial charge in [0.25, 0.3) is 0 Å². The van der Waals surface area contributed by atoms with Crippen molar-refractivity contribution in [3.63, 3.8) is 0 Å². The Bertz CT molecular complexity index is 1350. The maximum Gasteiger partial charge on any atom is 0.310 e. The monoisotopic (exact) mass is 587 g/mol. The molecule has 0 spiro atoms. The summed E-state index contributed by atoms with van der Waals surface area (Å²) in [5, 5.41) is 1.50. The molecule has 4 rings (SSSR count). The first-order chi connectivity index (χ1) is 18.6. The van der Waals surface area contributed by atoms with Gasteiger partial charge in [0.2, 0.25) is 5.91 Å². The van der Waals surface area contributed by atoms with Crippen molar-refractivity contribution in [3.8, 4) is 0 Å². The molecule has 0 radical (unpaired) electrons. The summed E-state index contributed by atoms with van der Waals surface area (Å²) >= 11 is 18.4. The second-order valence-electron chi connectivity index (χ2n) is 10.0. The third kappa shape index (κ3) is 7.89. The second-order valence-corrected chi connectivity index (χ2v) is 11.3. The molecule has 2 unspecified atom stereocenters. The number of nitrogen functional groups attached to an aromatic ring is 1. The van der Waals surface area contributed by atoms with Gasteiger partial charge in [-0.25, -0.2) is 0 Å². The lowest BCUT2D eigenvalue weighted by Gasteiger charge is -2.32. The molecule has 1 saturated heterocycles. The van der Waals surface area contributed by atoms with Crippen molar-refractivity contribution in [2.75, 3.05) is 32.4 Å². The summed E-state index contributed by atoms with van der Waals surface area (Å²) in [6, 6.07) is 18.2. The number of amides is 1. The van der Waals surface area contributed by atoms with Crippen LogP contribution in [0.2, 0.25) is 15.1 Å². The Hall–Kier alpha value is -2.77. The van der Waals surface area contributed by atoms with Gasteiger partial charge in [0.05, 0.1) is 28.9 Å². The summed E-state index contributed by atoms with van der Waals surface area (Å²) in [7, 11) is 1.80. The zero-order valence-corrected chi connectivity index (χ0v) is 24.3. The van der Waals surface area contributed by atoms with Gasteiger partial charge in [-0.15, -0.1) is 0 Å². The number of nitrogens with zero attached hydrogens (tertiary/aromatic N) is 2. The molecule has 0 aromatic heterocycles. The number of nitrogens with two attached hydrogens (primary N) is 1. The number of ether oxygens (including phenoxy) is 1. The van der Waals surface area contributed by atoms with Crippen molar-refractivity contribution in [1.82, 2.24) is 9.80 Å². The van der Waals surface area contributed by atoms with Gasteiger partial charge in [0, 0.05) is 37.4 Å². The summed E-state index contributed by atoms with van der Waals surface area (Å²) < 4.78 is 5.78. The molecular formula is C30H32Cl3N3O3. The predicted molar refractivity (Wildman–Crippen MR) is 157 cm³/mol. The Labute approximate surface area is 244 Å². The summed E-state index contributed by atoms with van der Waals surface area (Å²) in [6.07, 6.45) is 0.881. The number of aryl methyl sites for hydroxylation is 1. The highest BCUT2D eigenvalue weighted by Gasteiger charge is 2.31. The maximum absolute atomic E-state index is 13.3. The van der Waals surface area contributed by atoms with Gasteiger partial charge < -0.3 is 15.4 Å². The lowest BCUT2D eigenvalue weighted by atomic mass is 10.0. The van der Waals surface area contributed by atoms with Crippen molar-refractivity contribution >= 4 is 52.4 Å². The molecule has 39 heavy (non-hydrogen) atoms. The van der Waals surface area contributed by atoms with Crippen molar-refractivity contribution in [2.45, 2.75) is 38.3 Å². The van der Waals surface area contributed by atoms with E-state index in [1.165, 1.54) is 0 Å². The highest BCUT2D eigenvalue weighted by molar-refractivity contribution is 6.42. The van der Waals surface area contributed by atoms with Crippen LogP contribution in [-0.2, 0) is 27.2 Å². The van der Waals surface area contributed by atoms with Crippen LogP contribution < -0.4 is 5.73 Å². The van der Waals surface area contributed by atoms with E-state index >= 15 is 0 Å². The number of likely N-dealkylation sites (N-methyl/N-ethyl adjacent to an activating group) is 1. The van der Waals surface area contributed by atoms with Crippen LogP contribution in [0, 0.1) is 6.92 Å². The minimum absolute atomic E-state index is 0.0558. The van der Waals surface area contributed by atoms with E-state index in [2.05, 4.69) is 4.90 Å². The molecule has 1 heterocycles. The fourth-order valence-electron chi connectivity index (χ4n) is 4.78. The first kappa shape index (κ1) is 29.2. The van der Waals surface area contributed by atoms with Crippen LogP contribution in [0.1, 0.15) is 34.7 Å². The summed E-state index contributed by atoms with van der Waals surface area (Å²) in [6.45, 7) is 3.84. The predicted octanol–water partition coefficient (Wildman–Crippen LogP) is 6.14. The number of esters is 1. The van der Waals surface area contributed by atoms with Crippen molar-refractivity contribution in [3.05, 3.63) is 98.0 Å². The highest BCUT2D eigenvalue weighted by atomic mass is 35.5. The van der Waals surface area contributed by atoms with E-state index in [0.717, 1.165) is 35.2 Å². The van der Waals surface area contributed by atoms with Gasteiger partial charge in [0.1, 0.15) is 6.10 Å². The average Bonchev–Trinajstić information content (AvgIpc) is 3.33. The zero-order valence-electron chi connectivity index (χ0n) is 22.0. The number of hydrogen-bond donors (Lipinski definition) is 1. The van der Waals surface area contributed by atoms with Crippen LogP contribution in [0.3, 0.4) is 0 Å². The van der Waals surface area contributed by atoms with Gasteiger partial charge in [-0.2, -0.15) is 0 Å². The molecular weight excluding hydrogens is 557 g/mol. The first-order valence-corrected chi connectivity index (χ1v) is 13.9. The third-order valence-corrected chi connectivity index (χ3v) is 8.19. The van der Waals surface area contributed by atoms with E-state index in [0.29, 0.717) is 33.8 Å². The van der Waals surface area contributed by atoms with Crippen molar-refractivity contribution in [1.29, 1.82) is 0 Å². The van der Waals surface area contributed by atoms with Crippen LogP contribution in [0.5, 0.6) is 0 Å². The van der Waals surface area contributed by atoms with Gasteiger partial charge in [-0.1, -0.05) is 65.1 Å². The van der Waals surface area contributed by atoms with Gasteiger partial charge >= 0.3 is 5.97 Å². The molecule has 9 heteroatoms. The average molecular weight is 589 g/mol. The molecule has 3 aromatic rings. The van der Waals surface area contributed by atoms with E-state index in [1.807, 2.05) is 43.3 Å². The normalized spacial score (nSPS) is 16.2. The number of benzene rings is 3. The Kier molecular flexibility index (Phi) is 9.78. The zero-order chi connectivity index (χ0) is 28.1. The Morgan fingerprint density at radius 3 is 2.44 bits per heavy atom. The Morgan fingerprint density at radius 1 is 1.00 bits per heavy atom. The summed E-state index contributed by atoms with van der Waals surface area (Å²) in [5.41, 5.74) is 10.2. The van der Waals surface area contributed by atoms with Crippen molar-refractivity contribution in [2.24, 2.45) is 0 Å². The van der Waals surface area contributed by atoms with Crippen LogP contribution in [0.15, 0.2) is 60.7 Å². The molecule has 2 N–H and O–H groups in total. The molecule has 0 saturated carbocycles. The van der Waals surface area contributed by atoms with Crippen molar-refractivity contribution < 1.29 is 14.3 Å². The molecule has 0 bridgehead atoms. The van der Waals surface area contributed by atoms with Crippen LogP contribution >= 0.6 is 34.8 Å². The molecule has 6 nitrogen and oxygen atoms in total. The minimum atomic E-state index is -0.275. The Morgan fingerprint density at radius 2 is 1.72 bits per heavy atom. The third-order valence-electron chi connectivity index (χ3n) is 7.04. The van der Waals surface area contributed by atoms with Gasteiger partial charge in [-0.3, -0.25) is 14.5 Å². The van der Waals surface area contributed by atoms with E-state index < -0.39 is 0 Å². The number of carbonyl (C=O) groups excluding carboxylic acids is 2. The topological polar surface area (TPSA) is 75.9 Å². The van der Waals surface area contributed by atoms with E-state index in [1.54, 1.807) is 36.2 Å². The van der Waals surface area contributed by atoms with E-state index in [-0.39, 0.29) is 36.9 Å². The highest BCUT2D eigenvalue weighted by Crippen LogP contribution is 2.27. The fraction of sp³-hybridized carbons (Fsp3) is 0.333. The Balaban J connectivity index is 1.40. The maximum atomic E-state index is 13.3. The first-order valence-electron chi connectivity index (χ1n) is 12.8. The van der Waals surface area contributed by atoms with Gasteiger partial charge in [0.15, 0.2) is 0 Å². The number of hydrogen-bond acceptors (Lipinski definition) is 5. The molecule has 1 aliphatic rings. The molecule has 3 aromatic carbocycles. The van der Waals surface area contributed by atoms with Gasteiger partial charge in [-0.05, 0) is 65.9 Å². The number of halogens is 3. The molecule has 2 atom stereocenters. The largest absolute Gasteiger partial charge is 0.461 e. The molecule has 1 aliphatic heterocycles. The second kappa shape index (κ2) is 13.1. The SMILES string of the molecule is Cc1ccc(CC(=O)OC2CCN(CC(c3cccc(N)c3)N(C)C(=O)Cc3ccc(Cl)c(Cl)c3)C2)cc1Cl. The summed E-state index contributed by atoms with van der Waals surface area (Å²) in [4.78, 5) is 29.9.